The predicted octanol–water partition coefficient (Wildman–Crippen LogP) is 7.24. The summed E-state index contributed by atoms with van der Waals surface area (Å²) in [7, 11) is 1.61. The first-order valence-electron chi connectivity index (χ1n) is 15.4. The van der Waals surface area contributed by atoms with Crippen molar-refractivity contribution in [3.05, 3.63) is 125 Å². The topological polar surface area (TPSA) is 82.7 Å². The second-order valence-corrected chi connectivity index (χ2v) is 11.6. The normalized spacial score (nSPS) is 16.4. The van der Waals surface area contributed by atoms with Gasteiger partial charge in [-0.25, -0.2) is 4.39 Å². The highest BCUT2D eigenvalue weighted by molar-refractivity contribution is 6.37. The zero-order valence-corrected chi connectivity index (χ0v) is 25.5. The van der Waals surface area contributed by atoms with Crippen molar-refractivity contribution in [1.29, 1.82) is 0 Å². The monoisotopic (exact) mass is 604 g/mol. The highest BCUT2D eigenvalue weighted by atomic mass is 19.1. The van der Waals surface area contributed by atoms with Crippen LogP contribution in [0.3, 0.4) is 0 Å². The fourth-order valence-electron chi connectivity index (χ4n) is 5.99. The van der Waals surface area contributed by atoms with Crippen LogP contribution < -0.4 is 20.7 Å². The molecule has 1 fully saturated rings. The van der Waals surface area contributed by atoms with Gasteiger partial charge >= 0.3 is 0 Å². The van der Waals surface area contributed by atoms with Crippen molar-refractivity contribution in [2.75, 3.05) is 30.8 Å². The van der Waals surface area contributed by atoms with Gasteiger partial charge in [0, 0.05) is 29.0 Å². The van der Waals surface area contributed by atoms with Crippen molar-refractivity contribution in [2.24, 2.45) is 0 Å². The van der Waals surface area contributed by atoms with Crippen LogP contribution in [0.2, 0.25) is 0 Å². The number of likely N-dealkylation sites (tertiary alicyclic amines) is 1. The maximum atomic E-state index is 14.0. The summed E-state index contributed by atoms with van der Waals surface area (Å²) >= 11 is 0. The number of hydrogen-bond acceptors (Lipinski definition) is 5. The van der Waals surface area contributed by atoms with Gasteiger partial charge in [-0.3, -0.25) is 14.5 Å². The Hall–Kier alpha value is -4.95. The van der Waals surface area contributed by atoms with Gasteiger partial charge in [-0.1, -0.05) is 30.7 Å². The second kappa shape index (κ2) is 13.4. The molecule has 0 saturated carbocycles. The van der Waals surface area contributed by atoms with Crippen LogP contribution in [0.15, 0.2) is 91.0 Å². The van der Waals surface area contributed by atoms with E-state index in [1.54, 1.807) is 37.4 Å². The molecule has 45 heavy (non-hydrogen) atoms. The summed E-state index contributed by atoms with van der Waals surface area (Å²) in [6.45, 7) is 4.95. The number of hydrogen-bond donors (Lipinski definition) is 3. The van der Waals surface area contributed by atoms with Crippen LogP contribution in [-0.4, -0.2) is 36.9 Å². The third kappa shape index (κ3) is 6.91. The molecular weight excluding hydrogens is 567 g/mol. The summed E-state index contributed by atoms with van der Waals surface area (Å²) in [5.41, 5.74) is 6.08. The lowest BCUT2D eigenvalue weighted by Crippen LogP contribution is -2.29. The average Bonchev–Trinajstić information content (AvgIpc) is 3.39. The van der Waals surface area contributed by atoms with Crippen LogP contribution in [0.4, 0.5) is 15.8 Å². The summed E-state index contributed by atoms with van der Waals surface area (Å²) in [5.74, 6) is -0.229. The number of nitrogens with zero attached hydrogens (tertiary/aromatic N) is 1. The number of halogens is 1. The van der Waals surface area contributed by atoms with Crippen LogP contribution in [0, 0.1) is 5.82 Å². The molecule has 4 aromatic rings. The Morgan fingerprint density at radius 1 is 0.933 bits per heavy atom. The Bertz CT molecular complexity index is 1750. The quantitative estimate of drug-likeness (QED) is 0.176. The Morgan fingerprint density at radius 3 is 2.47 bits per heavy atom. The molecule has 0 spiro atoms. The van der Waals surface area contributed by atoms with E-state index in [1.165, 1.54) is 37.0 Å². The number of rotatable bonds is 9. The van der Waals surface area contributed by atoms with Crippen molar-refractivity contribution in [1.82, 2.24) is 10.2 Å². The molecule has 2 aliphatic rings. The molecule has 1 saturated heterocycles. The van der Waals surface area contributed by atoms with Gasteiger partial charge in [0.1, 0.15) is 11.6 Å². The van der Waals surface area contributed by atoms with E-state index in [0.29, 0.717) is 39.4 Å². The van der Waals surface area contributed by atoms with Crippen LogP contribution in [-0.2, 0) is 11.3 Å². The SMILES string of the molecule is COc1cccc([C@@H](C)NC(=O)c2ccc3c(c2)/C(=C(/Nc2cccc(CN4CCCCC4)c2)c2ccc(F)cc2)C(=O)N3)c1. The van der Waals surface area contributed by atoms with Crippen LogP contribution in [0.1, 0.15) is 64.8 Å². The molecule has 0 bridgehead atoms. The molecule has 0 unspecified atom stereocenters. The molecule has 2 aliphatic heterocycles. The Morgan fingerprint density at radius 2 is 1.69 bits per heavy atom. The van der Waals surface area contributed by atoms with Gasteiger partial charge in [-0.05, 0) is 116 Å². The summed E-state index contributed by atoms with van der Waals surface area (Å²) in [4.78, 5) is 29.4. The Labute approximate surface area is 263 Å². The van der Waals surface area contributed by atoms with Crippen LogP contribution in [0.25, 0.3) is 11.3 Å². The van der Waals surface area contributed by atoms with Crippen LogP contribution >= 0.6 is 0 Å². The number of ether oxygens (including phenoxy) is 1. The number of anilines is 2. The molecule has 1 atom stereocenters. The van der Waals surface area contributed by atoms with Gasteiger partial charge in [0.2, 0.25) is 0 Å². The molecule has 6 rings (SSSR count). The van der Waals surface area contributed by atoms with Crippen LogP contribution in [0.5, 0.6) is 5.75 Å². The molecular formula is C37H37FN4O3. The van der Waals surface area contributed by atoms with E-state index in [1.807, 2.05) is 43.3 Å². The van der Waals surface area contributed by atoms with E-state index in [4.69, 9.17) is 4.74 Å². The van der Waals surface area contributed by atoms with Gasteiger partial charge in [0.15, 0.2) is 0 Å². The average molecular weight is 605 g/mol. The van der Waals surface area contributed by atoms with Crippen molar-refractivity contribution in [3.63, 3.8) is 0 Å². The third-order valence-electron chi connectivity index (χ3n) is 8.40. The largest absolute Gasteiger partial charge is 0.497 e. The van der Waals surface area contributed by atoms with Crippen molar-refractivity contribution in [3.8, 4) is 5.75 Å². The van der Waals surface area contributed by atoms with E-state index in [9.17, 15) is 14.0 Å². The summed E-state index contributed by atoms with van der Waals surface area (Å²) in [6, 6.07) is 26.7. The zero-order chi connectivity index (χ0) is 31.3. The number of carbonyl (C=O) groups is 2. The molecule has 8 heteroatoms. The van der Waals surface area contributed by atoms with Crippen molar-refractivity contribution in [2.45, 2.75) is 38.8 Å². The summed E-state index contributed by atoms with van der Waals surface area (Å²) in [5, 5.41) is 9.48. The Kier molecular flexibility index (Phi) is 8.93. The molecule has 4 aromatic carbocycles. The minimum atomic E-state index is -0.369. The number of carbonyl (C=O) groups excluding carboxylic acids is 2. The minimum absolute atomic E-state index is 0.270. The first-order valence-corrected chi connectivity index (χ1v) is 15.4. The summed E-state index contributed by atoms with van der Waals surface area (Å²) < 4.78 is 19.3. The lowest BCUT2D eigenvalue weighted by Gasteiger charge is -2.26. The van der Waals surface area contributed by atoms with Gasteiger partial charge in [0.25, 0.3) is 11.8 Å². The number of nitrogens with one attached hydrogen (secondary N) is 3. The highest BCUT2D eigenvalue weighted by Crippen LogP contribution is 2.38. The number of methoxy groups -OCH3 is 1. The van der Waals surface area contributed by atoms with Gasteiger partial charge in [0.05, 0.1) is 24.4 Å². The molecule has 0 aromatic heterocycles. The number of amides is 2. The predicted molar refractivity (Wildman–Crippen MR) is 176 cm³/mol. The molecule has 230 valence electrons. The van der Waals surface area contributed by atoms with Gasteiger partial charge in [-0.15, -0.1) is 0 Å². The second-order valence-electron chi connectivity index (χ2n) is 11.6. The van der Waals surface area contributed by atoms with E-state index in [0.717, 1.165) is 30.9 Å². The standard InChI is InChI=1S/C37H37FN4O3/c1-24(27-9-7-11-31(21-27)45-2)39-36(43)28-14-17-33-32(22-28)34(37(44)41-33)35(26-12-15-29(38)16-13-26)40-30-10-6-8-25(20-30)23-42-18-4-3-5-19-42/h6-17,20-22,24,40H,3-5,18-19,23H2,1-2H3,(H,39,43)(H,41,44)/b35-34-/t24-/m1/s1. The maximum Gasteiger partial charge on any atom is 0.258 e. The lowest BCUT2D eigenvalue weighted by molar-refractivity contribution is -0.110. The fraction of sp³-hybridized carbons (Fsp3) is 0.243. The maximum absolute atomic E-state index is 14.0. The number of benzene rings is 4. The number of fused-ring (bicyclic) bond motifs is 1. The molecule has 7 nitrogen and oxygen atoms in total. The first-order chi connectivity index (χ1) is 21.9. The number of piperidine rings is 1. The van der Waals surface area contributed by atoms with E-state index < -0.39 is 0 Å². The fourth-order valence-corrected chi connectivity index (χ4v) is 5.99. The first kappa shape index (κ1) is 30.1. The van der Waals surface area contributed by atoms with E-state index >= 15 is 0 Å². The molecule has 2 amide bonds. The van der Waals surface area contributed by atoms with Crippen molar-refractivity contribution < 1.29 is 18.7 Å². The molecule has 0 aliphatic carbocycles. The van der Waals surface area contributed by atoms with Crippen molar-refractivity contribution >= 4 is 34.5 Å². The Balaban J connectivity index is 1.33. The molecule has 0 radical (unpaired) electrons. The van der Waals surface area contributed by atoms with E-state index in [2.05, 4.69) is 33.0 Å². The molecule has 3 N–H and O–H groups in total. The summed E-state index contributed by atoms with van der Waals surface area (Å²) in [6.07, 6.45) is 3.71. The smallest absolute Gasteiger partial charge is 0.258 e. The van der Waals surface area contributed by atoms with Gasteiger partial charge < -0.3 is 20.7 Å². The van der Waals surface area contributed by atoms with Gasteiger partial charge in [-0.2, -0.15) is 0 Å². The molecule has 2 heterocycles. The zero-order valence-electron chi connectivity index (χ0n) is 25.5. The lowest BCUT2D eigenvalue weighted by atomic mass is 9.98. The van der Waals surface area contributed by atoms with E-state index in [-0.39, 0.29) is 23.7 Å². The minimum Gasteiger partial charge on any atom is -0.497 e. The third-order valence-corrected chi connectivity index (χ3v) is 8.40. The highest BCUT2D eigenvalue weighted by Gasteiger charge is 2.30.